The Morgan fingerprint density at radius 1 is 1.06 bits per heavy atom. The molecule has 8 atom stereocenters. The van der Waals surface area contributed by atoms with Crippen LogP contribution >= 0.6 is 0 Å². The van der Waals surface area contributed by atoms with Crippen molar-refractivity contribution in [2.24, 2.45) is 39.4 Å². The highest BCUT2D eigenvalue weighted by atomic mass is 16.3. The van der Waals surface area contributed by atoms with Crippen molar-refractivity contribution in [1.82, 2.24) is 0 Å². The average molecular weight is 441 g/mol. The molecule has 0 amide bonds. The molecule has 2 heteroatoms. The van der Waals surface area contributed by atoms with Crippen LogP contribution in [-0.2, 0) is 0 Å². The highest BCUT2D eigenvalue weighted by Gasteiger charge is 2.63. The Bertz CT molecular complexity index is 843. The summed E-state index contributed by atoms with van der Waals surface area (Å²) in [5, 5.41) is 21.4. The number of fused-ring (bicyclic) bond motifs is 5. The van der Waals surface area contributed by atoms with Crippen molar-refractivity contribution in [1.29, 1.82) is 0 Å². The van der Waals surface area contributed by atoms with E-state index in [0.717, 1.165) is 32.1 Å². The van der Waals surface area contributed by atoms with E-state index in [1.165, 1.54) is 18.4 Å². The fourth-order valence-electron chi connectivity index (χ4n) is 8.94. The molecule has 2 nitrogen and oxygen atoms in total. The second-order valence-electron chi connectivity index (χ2n) is 13.4. The minimum Gasteiger partial charge on any atom is -0.393 e. The van der Waals surface area contributed by atoms with Gasteiger partial charge in [-0.25, -0.2) is 0 Å². The average Bonchev–Trinajstić information content (AvgIpc) is 2.96. The van der Waals surface area contributed by atoms with Crippen molar-refractivity contribution in [2.45, 2.75) is 113 Å². The minimum atomic E-state index is -0.329. The second-order valence-corrected chi connectivity index (χ2v) is 13.4. The Hall–Kier alpha value is -0.860. The molecule has 2 saturated carbocycles. The summed E-state index contributed by atoms with van der Waals surface area (Å²) >= 11 is 0. The first-order valence-corrected chi connectivity index (χ1v) is 13.2. The summed E-state index contributed by atoms with van der Waals surface area (Å²) < 4.78 is 0. The quantitative estimate of drug-likeness (QED) is 0.453. The molecule has 32 heavy (non-hydrogen) atoms. The molecular formula is C30H48O2. The number of aliphatic hydroxyl groups is 2. The second kappa shape index (κ2) is 7.84. The van der Waals surface area contributed by atoms with Gasteiger partial charge < -0.3 is 10.2 Å². The molecule has 0 radical (unpaired) electrons. The summed E-state index contributed by atoms with van der Waals surface area (Å²) in [6.45, 7) is 18.7. The zero-order chi connectivity index (χ0) is 23.7. The van der Waals surface area contributed by atoms with Crippen molar-refractivity contribution in [3.63, 3.8) is 0 Å². The molecule has 4 aliphatic carbocycles. The predicted molar refractivity (Wildman–Crippen MR) is 134 cm³/mol. The van der Waals surface area contributed by atoms with E-state index in [1.54, 1.807) is 11.1 Å². The fraction of sp³-hybridized carbons (Fsp3) is 0.800. The molecule has 0 unspecified atom stereocenters. The lowest BCUT2D eigenvalue weighted by Gasteiger charge is -2.61. The molecule has 2 fully saturated rings. The lowest BCUT2D eigenvalue weighted by Crippen LogP contribution is -2.54. The normalized spacial score (nSPS) is 44.4. The van der Waals surface area contributed by atoms with E-state index in [4.69, 9.17) is 0 Å². The van der Waals surface area contributed by atoms with E-state index < -0.39 is 0 Å². The van der Waals surface area contributed by atoms with E-state index in [9.17, 15) is 10.2 Å². The Morgan fingerprint density at radius 2 is 1.75 bits per heavy atom. The smallest absolute Gasteiger partial charge is 0.0726 e. The molecule has 2 N–H and O–H groups in total. The van der Waals surface area contributed by atoms with Crippen molar-refractivity contribution in [3.05, 3.63) is 34.9 Å². The van der Waals surface area contributed by atoms with Gasteiger partial charge in [-0.2, -0.15) is 0 Å². The first-order chi connectivity index (χ1) is 14.8. The Balaban J connectivity index is 1.66. The van der Waals surface area contributed by atoms with E-state index in [0.29, 0.717) is 17.8 Å². The van der Waals surface area contributed by atoms with Crippen molar-refractivity contribution < 1.29 is 10.2 Å². The fourth-order valence-corrected chi connectivity index (χ4v) is 8.94. The molecular weight excluding hydrogens is 392 g/mol. The molecule has 0 aromatic heterocycles. The van der Waals surface area contributed by atoms with Gasteiger partial charge >= 0.3 is 0 Å². The van der Waals surface area contributed by atoms with Crippen LogP contribution < -0.4 is 0 Å². The maximum absolute atomic E-state index is 10.8. The Labute approximate surface area is 197 Å². The molecule has 0 heterocycles. The third-order valence-electron chi connectivity index (χ3n) is 11.1. The van der Waals surface area contributed by atoms with E-state index in [-0.39, 0.29) is 33.9 Å². The molecule has 0 aromatic rings. The van der Waals surface area contributed by atoms with Crippen LogP contribution in [0, 0.1) is 39.4 Å². The van der Waals surface area contributed by atoms with Crippen LogP contribution in [0.5, 0.6) is 0 Å². The highest BCUT2D eigenvalue weighted by Crippen LogP contribution is 2.71. The van der Waals surface area contributed by atoms with Gasteiger partial charge in [-0.3, -0.25) is 0 Å². The zero-order valence-corrected chi connectivity index (χ0v) is 22.0. The maximum Gasteiger partial charge on any atom is 0.0726 e. The van der Waals surface area contributed by atoms with Gasteiger partial charge in [-0.15, -0.1) is 0 Å². The molecule has 180 valence electrons. The van der Waals surface area contributed by atoms with Crippen molar-refractivity contribution >= 4 is 0 Å². The first kappa shape index (κ1) is 24.3. The Morgan fingerprint density at radius 3 is 2.41 bits per heavy atom. The Kier molecular flexibility index (Phi) is 5.95. The summed E-state index contributed by atoms with van der Waals surface area (Å²) in [5.41, 5.74) is 5.06. The lowest BCUT2D eigenvalue weighted by molar-refractivity contribution is -0.0851. The van der Waals surface area contributed by atoms with Gasteiger partial charge in [0.15, 0.2) is 0 Å². The third kappa shape index (κ3) is 3.34. The number of rotatable bonds is 4. The van der Waals surface area contributed by atoms with Gasteiger partial charge in [-0.1, -0.05) is 65.3 Å². The summed E-state index contributed by atoms with van der Waals surface area (Å²) in [7, 11) is 0. The lowest BCUT2D eigenvalue weighted by atomic mass is 9.44. The topological polar surface area (TPSA) is 40.5 Å². The molecule has 4 aliphatic rings. The SMILES string of the molecule is CC(C)=C[C@H](O)C[C@@H](C)[C@H]1CC[C@@]2(C)C3=CC[C@H]4C(C)(C)[C@H](O)CC[C@]4(C)C3=CC[C@]12C. The molecule has 0 saturated heterocycles. The largest absolute Gasteiger partial charge is 0.393 e. The molecule has 0 aromatic carbocycles. The summed E-state index contributed by atoms with van der Waals surface area (Å²) in [6, 6.07) is 0. The van der Waals surface area contributed by atoms with Gasteiger partial charge in [0, 0.05) is 0 Å². The third-order valence-corrected chi connectivity index (χ3v) is 11.1. The van der Waals surface area contributed by atoms with Crippen LogP contribution in [-0.4, -0.2) is 22.4 Å². The monoisotopic (exact) mass is 440 g/mol. The van der Waals surface area contributed by atoms with Crippen molar-refractivity contribution in [2.75, 3.05) is 0 Å². The van der Waals surface area contributed by atoms with Crippen molar-refractivity contribution in [3.8, 4) is 0 Å². The summed E-state index contributed by atoms with van der Waals surface area (Å²) in [5.74, 6) is 1.66. The van der Waals surface area contributed by atoms with Crippen LogP contribution in [0.4, 0.5) is 0 Å². The predicted octanol–water partition coefficient (Wildman–Crippen LogP) is 7.23. The number of aliphatic hydroxyl groups excluding tert-OH is 2. The summed E-state index contributed by atoms with van der Waals surface area (Å²) in [4.78, 5) is 0. The van der Waals surface area contributed by atoms with Gasteiger partial charge in [0.1, 0.15) is 0 Å². The standard InChI is InChI=1S/C30H48O2/c1-19(2)17-21(31)18-20(3)22-11-15-30(8)24-9-10-25-27(4,5)26(32)13-14-28(25,6)23(24)12-16-29(22,30)7/h9,12,17,20-22,25-26,31-32H,10-11,13-16,18H2,1-8H3/t20-,21+,22-,25+,26-,28-,29-,30+/m1/s1. The van der Waals surface area contributed by atoms with E-state index >= 15 is 0 Å². The van der Waals surface area contributed by atoms with Crippen LogP contribution in [0.3, 0.4) is 0 Å². The number of hydrogen-bond acceptors (Lipinski definition) is 2. The van der Waals surface area contributed by atoms with Gasteiger partial charge in [0.05, 0.1) is 12.2 Å². The number of allylic oxidation sites excluding steroid dienone is 5. The van der Waals surface area contributed by atoms with Crippen LogP contribution in [0.15, 0.2) is 34.9 Å². The van der Waals surface area contributed by atoms with Crippen LogP contribution in [0.25, 0.3) is 0 Å². The van der Waals surface area contributed by atoms with Gasteiger partial charge in [0.2, 0.25) is 0 Å². The van der Waals surface area contributed by atoms with E-state index in [2.05, 4.69) is 67.5 Å². The summed E-state index contributed by atoms with van der Waals surface area (Å²) in [6.07, 6.45) is 14.4. The zero-order valence-electron chi connectivity index (χ0n) is 22.0. The van der Waals surface area contributed by atoms with Crippen LogP contribution in [0.1, 0.15) is 100 Å². The molecule has 0 bridgehead atoms. The highest BCUT2D eigenvalue weighted by molar-refractivity contribution is 5.49. The maximum atomic E-state index is 10.8. The minimum absolute atomic E-state index is 0.0364. The molecule has 0 aliphatic heterocycles. The molecule has 4 rings (SSSR count). The first-order valence-electron chi connectivity index (χ1n) is 13.2. The molecule has 0 spiro atoms. The van der Waals surface area contributed by atoms with Gasteiger partial charge in [-0.05, 0) is 109 Å². The van der Waals surface area contributed by atoms with Gasteiger partial charge in [0.25, 0.3) is 0 Å². The van der Waals surface area contributed by atoms with Crippen LogP contribution in [0.2, 0.25) is 0 Å². The van der Waals surface area contributed by atoms with E-state index in [1.807, 2.05) is 6.08 Å². The number of hydrogen-bond donors (Lipinski definition) is 2.